The van der Waals surface area contributed by atoms with Crippen LogP contribution in [0.5, 0.6) is 5.75 Å². The van der Waals surface area contributed by atoms with Crippen LogP contribution in [0.25, 0.3) is 0 Å². The molecule has 0 radical (unpaired) electrons. The lowest BCUT2D eigenvalue weighted by Crippen LogP contribution is -2.30. The zero-order chi connectivity index (χ0) is 11.4. The van der Waals surface area contributed by atoms with Crippen molar-refractivity contribution in [2.24, 2.45) is 0 Å². The molecule has 4 nitrogen and oxygen atoms in total. The molecule has 1 aliphatic rings. The Morgan fingerprint density at radius 3 is 3.19 bits per heavy atom. The molecule has 1 aromatic heterocycles. The van der Waals surface area contributed by atoms with Gasteiger partial charge in [-0.1, -0.05) is 0 Å². The Hall–Kier alpha value is -1.13. The number of rotatable bonds is 2. The summed E-state index contributed by atoms with van der Waals surface area (Å²) in [7, 11) is 0. The molecule has 2 rings (SSSR count). The number of hydrogen-bond acceptors (Lipinski definition) is 4. The molecule has 0 bridgehead atoms. The molecule has 2 heterocycles. The van der Waals surface area contributed by atoms with Crippen LogP contribution in [0.15, 0.2) is 18.3 Å². The Labute approximate surface area is 95.9 Å². The monoisotopic (exact) mass is 222 g/mol. The average Bonchev–Trinajstić information content (AvgIpc) is 2.46. The third-order valence-corrected chi connectivity index (χ3v) is 2.73. The summed E-state index contributed by atoms with van der Waals surface area (Å²) < 4.78 is 5.59. The number of aromatic hydroxyl groups is 1. The minimum absolute atomic E-state index is 0.219. The summed E-state index contributed by atoms with van der Waals surface area (Å²) in [6, 6.07) is 3.55. The van der Waals surface area contributed by atoms with Gasteiger partial charge < -0.3 is 9.84 Å². The van der Waals surface area contributed by atoms with E-state index >= 15 is 0 Å². The Balaban J connectivity index is 1.95. The van der Waals surface area contributed by atoms with E-state index in [9.17, 15) is 0 Å². The van der Waals surface area contributed by atoms with E-state index in [0.29, 0.717) is 6.10 Å². The van der Waals surface area contributed by atoms with Crippen LogP contribution in [0.1, 0.15) is 19.0 Å². The normalized spacial score (nSPS) is 22.9. The van der Waals surface area contributed by atoms with Gasteiger partial charge in [0.05, 0.1) is 18.0 Å². The van der Waals surface area contributed by atoms with Crippen molar-refractivity contribution in [3.8, 4) is 5.75 Å². The second kappa shape index (κ2) is 5.27. The molecule has 1 atom stereocenters. The highest BCUT2D eigenvalue weighted by Gasteiger charge is 2.15. The van der Waals surface area contributed by atoms with Gasteiger partial charge in [-0.2, -0.15) is 0 Å². The number of pyridine rings is 1. The minimum Gasteiger partial charge on any atom is -0.506 e. The molecule has 0 aromatic carbocycles. The number of ether oxygens (including phenoxy) is 1. The van der Waals surface area contributed by atoms with E-state index in [1.54, 1.807) is 6.07 Å². The fraction of sp³-hybridized carbons (Fsp3) is 0.583. The number of hydrogen-bond donors (Lipinski definition) is 1. The molecule has 1 fully saturated rings. The van der Waals surface area contributed by atoms with E-state index in [-0.39, 0.29) is 5.75 Å². The lowest BCUT2D eigenvalue weighted by atomic mass is 10.3. The van der Waals surface area contributed by atoms with Crippen molar-refractivity contribution in [1.82, 2.24) is 9.88 Å². The summed E-state index contributed by atoms with van der Waals surface area (Å²) in [5.74, 6) is 0.219. The largest absolute Gasteiger partial charge is 0.506 e. The third-order valence-electron chi connectivity index (χ3n) is 2.73. The maximum absolute atomic E-state index is 9.15. The molecule has 1 aromatic rings. The minimum atomic E-state index is 0.219. The first-order valence-electron chi connectivity index (χ1n) is 5.72. The van der Waals surface area contributed by atoms with Crippen molar-refractivity contribution < 1.29 is 9.84 Å². The smallest absolute Gasteiger partial charge is 0.133 e. The summed E-state index contributed by atoms with van der Waals surface area (Å²) in [4.78, 5) is 6.54. The molecular formula is C12H18N2O2. The van der Waals surface area contributed by atoms with Gasteiger partial charge in [-0.25, -0.2) is 0 Å². The molecule has 0 spiro atoms. The topological polar surface area (TPSA) is 45.6 Å². The standard InChI is InChI=1S/C12H18N2O2/c1-10-8-14(5-2-6-16-10)9-11-3-4-12(15)7-13-11/h3-4,7,10,15H,2,5-6,8-9H2,1H3. The predicted molar refractivity (Wildman–Crippen MR) is 61.2 cm³/mol. The van der Waals surface area contributed by atoms with Gasteiger partial charge in [0.1, 0.15) is 5.75 Å². The molecule has 1 saturated heterocycles. The summed E-state index contributed by atoms with van der Waals surface area (Å²) in [5, 5.41) is 9.15. The first-order chi connectivity index (χ1) is 7.74. The highest BCUT2D eigenvalue weighted by Crippen LogP contribution is 2.11. The van der Waals surface area contributed by atoms with Crippen molar-refractivity contribution in [2.45, 2.75) is 26.0 Å². The van der Waals surface area contributed by atoms with Gasteiger partial charge in [0.15, 0.2) is 0 Å². The summed E-state index contributed by atoms with van der Waals surface area (Å²) in [6.45, 7) is 5.77. The molecule has 16 heavy (non-hydrogen) atoms. The first kappa shape index (κ1) is 11.4. The quantitative estimate of drug-likeness (QED) is 0.821. The molecule has 0 amide bonds. The van der Waals surface area contributed by atoms with Crippen molar-refractivity contribution in [2.75, 3.05) is 19.7 Å². The Bertz CT molecular complexity index is 326. The van der Waals surface area contributed by atoms with Crippen molar-refractivity contribution in [3.63, 3.8) is 0 Å². The molecule has 0 saturated carbocycles. The van der Waals surface area contributed by atoms with Gasteiger partial charge in [-0.3, -0.25) is 9.88 Å². The number of aromatic nitrogens is 1. The first-order valence-corrected chi connectivity index (χ1v) is 5.72. The molecule has 88 valence electrons. The summed E-state index contributed by atoms with van der Waals surface area (Å²) in [6.07, 6.45) is 2.86. The highest BCUT2D eigenvalue weighted by molar-refractivity contribution is 5.17. The lowest BCUT2D eigenvalue weighted by molar-refractivity contribution is 0.0666. The molecule has 1 N–H and O–H groups in total. The molecule has 0 aliphatic carbocycles. The maximum atomic E-state index is 9.15. The zero-order valence-corrected chi connectivity index (χ0v) is 9.59. The molecule has 1 unspecified atom stereocenters. The van der Waals surface area contributed by atoms with Gasteiger partial charge in [0.2, 0.25) is 0 Å². The van der Waals surface area contributed by atoms with E-state index in [1.807, 2.05) is 6.07 Å². The van der Waals surface area contributed by atoms with Gasteiger partial charge in [-0.15, -0.1) is 0 Å². The van der Waals surface area contributed by atoms with E-state index in [0.717, 1.165) is 38.4 Å². The van der Waals surface area contributed by atoms with Crippen LogP contribution in [-0.2, 0) is 11.3 Å². The fourth-order valence-corrected chi connectivity index (χ4v) is 1.96. The summed E-state index contributed by atoms with van der Waals surface area (Å²) >= 11 is 0. The van der Waals surface area contributed by atoms with E-state index in [1.165, 1.54) is 6.20 Å². The van der Waals surface area contributed by atoms with Gasteiger partial charge in [0.25, 0.3) is 0 Å². The average molecular weight is 222 g/mol. The third kappa shape index (κ3) is 3.18. The predicted octanol–water partition coefficient (Wildman–Crippen LogP) is 1.40. The van der Waals surface area contributed by atoms with Crippen LogP contribution in [-0.4, -0.2) is 40.8 Å². The van der Waals surface area contributed by atoms with Crippen LogP contribution in [0.4, 0.5) is 0 Å². The van der Waals surface area contributed by atoms with Crippen molar-refractivity contribution in [1.29, 1.82) is 0 Å². The van der Waals surface area contributed by atoms with Gasteiger partial charge in [-0.05, 0) is 25.5 Å². The molecule has 1 aliphatic heterocycles. The Morgan fingerprint density at radius 1 is 1.56 bits per heavy atom. The second-order valence-electron chi connectivity index (χ2n) is 4.28. The maximum Gasteiger partial charge on any atom is 0.133 e. The lowest BCUT2D eigenvalue weighted by Gasteiger charge is -2.21. The van der Waals surface area contributed by atoms with Crippen molar-refractivity contribution >= 4 is 0 Å². The second-order valence-corrected chi connectivity index (χ2v) is 4.28. The fourth-order valence-electron chi connectivity index (χ4n) is 1.96. The Kier molecular flexibility index (Phi) is 3.74. The molecule has 4 heteroatoms. The van der Waals surface area contributed by atoms with Crippen LogP contribution in [0.2, 0.25) is 0 Å². The molecular weight excluding hydrogens is 204 g/mol. The zero-order valence-electron chi connectivity index (χ0n) is 9.59. The van der Waals surface area contributed by atoms with Crippen LogP contribution in [0.3, 0.4) is 0 Å². The van der Waals surface area contributed by atoms with Gasteiger partial charge >= 0.3 is 0 Å². The highest BCUT2D eigenvalue weighted by atomic mass is 16.5. The van der Waals surface area contributed by atoms with E-state index in [4.69, 9.17) is 9.84 Å². The van der Waals surface area contributed by atoms with E-state index in [2.05, 4.69) is 16.8 Å². The van der Waals surface area contributed by atoms with E-state index < -0.39 is 0 Å². The van der Waals surface area contributed by atoms with Crippen LogP contribution in [0, 0.1) is 0 Å². The summed E-state index contributed by atoms with van der Waals surface area (Å²) in [5.41, 5.74) is 0.993. The number of nitrogens with zero attached hydrogens (tertiary/aromatic N) is 2. The Morgan fingerprint density at radius 2 is 2.44 bits per heavy atom. The van der Waals surface area contributed by atoms with Crippen LogP contribution < -0.4 is 0 Å². The van der Waals surface area contributed by atoms with Crippen molar-refractivity contribution in [3.05, 3.63) is 24.0 Å². The van der Waals surface area contributed by atoms with Crippen LogP contribution >= 0.6 is 0 Å². The SMILES string of the molecule is CC1CN(Cc2ccc(O)cn2)CCCO1. The van der Waals surface area contributed by atoms with Gasteiger partial charge in [0, 0.05) is 26.2 Å².